The van der Waals surface area contributed by atoms with Gasteiger partial charge in [0.2, 0.25) is 0 Å². The van der Waals surface area contributed by atoms with Gasteiger partial charge in [-0.25, -0.2) is 4.79 Å². The van der Waals surface area contributed by atoms with Gasteiger partial charge in [0.1, 0.15) is 0 Å². The van der Waals surface area contributed by atoms with Crippen LogP contribution in [-0.2, 0) is 9.53 Å². The van der Waals surface area contributed by atoms with Gasteiger partial charge < -0.3 is 14.7 Å². The summed E-state index contributed by atoms with van der Waals surface area (Å²) in [5, 5.41) is 11.0. The fourth-order valence-corrected chi connectivity index (χ4v) is 2.58. The normalized spacial score (nSPS) is 17.8. The number of carbonyl (C=O) groups excluding carboxylic acids is 1. The molecule has 0 aromatic heterocycles. The van der Waals surface area contributed by atoms with Crippen LogP contribution in [0.4, 0.5) is 18.0 Å². The zero-order valence-electron chi connectivity index (χ0n) is 12.8. The number of carboxylic acid groups (broad SMARTS) is 1. The van der Waals surface area contributed by atoms with Crippen LogP contribution in [0.2, 0.25) is 25.7 Å². The van der Waals surface area contributed by atoms with Crippen LogP contribution in [0.15, 0.2) is 0 Å². The van der Waals surface area contributed by atoms with E-state index in [1.165, 1.54) is 0 Å². The molecule has 1 aliphatic rings. The van der Waals surface area contributed by atoms with Gasteiger partial charge in [-0.2, -0.15) is 13.2 Å². The monoisotopic (exact) mass is 342 g/mol. The highest BCUT2D eigenvalue weighted by atomic mass is 28.3. The Morgan fingerprint density at radius 3 is 2.27 bits per heavy atom. The van der Waals surface area contributed by atoms with Gasteiger partial charge in [0.25, 0.3) is 0 Å². The summed E-state index contributed by atoms with van der Waals surface area (Å²) in [6.07, 6.45) is -5.20. The molecule has 1 fully saturated rings. The Hall–Kier alpha value is -1.29. The Balaban J connectivity index is 2.45. The van der Waals surface area contributed by atoms with E-state index in [1.807, 2.05) is 5.32 Å². The average Bonchev–Trinajstić information content (AvgIpc) is 2.23. The van der Waals surface area contributed by atoms with E-state index in [9.17, 15) is 22.8 Å². The largest absolute Gasteiger partial charge is 0.480 e. The van der Waals surface area contributed by atoms with Gasteiger partial charge in [-0.3, -0.25) is 10.1 Å². The van der Waals surface area contributed by atoms with Crippen molar-refractivity contribution in [2.45, 2.75) is 37.4 Å². The molecule has 128 valence electrons. The molecule has 6 nitrogen and oxygen atoms in total. The lowest BCUT2D eigenvalue weighted by Gasteiger charge is -2.46. The van der Waals surface area contributed by atoms with E-state index in [1.54, 1.807) is 0 Å². The van der Waals surface area contributed by atoms with Crippen molar-refractivity contribution in [2.75, 3.05) is 26.2 Å². The van der Waals surface area contributed by atoms with Crippen molar-refractivity contribution in [3.05, 3.63) is 0 Å². The van der Waals surface area contributed by atoms with Crippen LogP contribution in [0.5, 0.6) is 0 Å². The van der Waals surface area contributed by atoms with Crippen molar-refractivity contribution in [3.63, 3.8) is 0 Å². The van der Waals surface area contributed by atoms with Crippen molar-refractivity contribution in [2.24, 2.45) is 0 Å². The van der Waals surface area contributed by atoms with Crippen LogP contribution in [0.1, 0.15) is 0 Å². The molecule has 0 bridgehead atoms. The number of hydrogen-bond acceptors (Lipinski definition) is 4. The van der Waals surface area contributed by atoms with E-state index in [2.05, 4.69) is 19.6 Å². The lowest BCUT2D eigenvalue weighted by molar-refractivity contribution is -0.158. The lowest BCUT2D eigenvalue weighted by atomic mass is 9.90. The molecular weight excluding hydrogens is 321 g/mol. The molecule has 0 saturated carbocycles. The maximum Gasteiger partial charge on any atom is 0.409 e. The molecule has 0 aliphatic carbocycles. The molecule has 1 saturated heterocycles. The highest BCUT2D eigenvalue weighted by Crippen LogP contribution is 2.24. The summed E-state index contributed by atoms with van der Waals surface area (Å²) in [7, 11) is -1.36. The summed E-state index contributed by atoms with van der Waals surface area (Å²) < 4.78 is 41.6. The number of carbonyl (C=O) groups is 2. The number of halogens is 3. The van der Waals surface area contributed by atoms with E-state index >= 15 is 0 Å². The molecule has 0 unspecified atom stereocenters. The number of likely N-dealkylation sites (tertiary alicyclic amines) is 1. The Bertz CT molecular complexity index is 431. The van der Waals surface area contributed by atoms with Crippen molar-refractivity contribution < 1.29 is 32.6 Å². The molecule has 2 N–H and O–H groups in total. The predicted octanol–water partition coefficient (Wildman–Crippen LogP) is 1.75. The first-order chi connectivity index (χ1) is 9.85. The maximum absolute atomic E-state index is 12.2. The summed E-state index contributed by atoms with van der Waals surface area (Å²) in [5.74, 6) is -1.41. The third-order valence-corrected chi connectivity index (χ3v) is 5.00. The highest BCUT2D eigenvalue weighted by molar-refractivity contribution is 6.76. The molecule has 22 heavy (non-hydrogen) atoms. The van der Waals surface area contributed by atoms with E-state index in [0.29, 0.717) is 0 Å². The van der Waals surface area contributed by atoms with Crippen molar-refractivity contribution in [1.82, 2.24) is 10.2 Å². The molecule has 1 aliphatic heterocycles. The molecule has 0 aromatic carbocycles. The van der Waals surface area contributed by atoms with Gasteiger partial charge in [0.15, 0.2) is 5.54 Å². The Labute approximate surface area is 127 Å². The standard InChI is InChI=1S/C12H21F3N2O4Si/c1-22(2,3)5-4-21-10(20)17-7-11(8-17,9(18)19)16-6-12(13,14)15/h16H,4-8H2,1-3H3,(H,18,19). The first-order valence-corrected chi connectivity index (χ1v) is 10.5. The predicted molar refractivity (Wildman–Crippen MR) is 75.5 cm³/mol. The minimum absolute atomic E-state index is 0.237. The number of nitrogens with zero attached hydrogens (tertiary/aromatic N) is 1. The van der Waals surface area contributed by atoms with Crippen LogP contribution in [0.25, 0.3) is 0 Å². The second-order valence-corrected chi connectivity index (χ2v) is 12.3. The average molecular weight is 342 g/mol. The summed E-state index contributed by atoms with van der Waals surface area (Å²) in [4.78, 5) is 23.9. The molecule has 10 heteroatoms. The van der Waals surface area contributed by atoms with E-state index in [0.717, 1.165) is 10.9 Å². The zero-order valence-corrected chi connectivity index (χ0v) is 13.8. The topological polar surface area (TPSA) is 78.9 Å². The first kappa shape index (κ1) is 18.8. The van der Waals surface area contributed by atoms with Gasteiger partial charge >= 0.3 is 18.2 Å². The molecule has 0 atom stereocenters. The first-order valence-electron chi connectivity index (χ1n) is 6.82. The summed E-state index contributed by atoms with van der Waals surface area (Å²) in [6, 6.07) is 0.767. The van der Waals surface area contributed by atoms with Gasteiger partial charge in [0.05, 0.1) is 26.2 Å². The molecule has 0 aromatic rings. The minimum atomic E-state index is -4.51. The van der Waals surface area contributed by atoms with Crippen molar-refractivity contribution >= 4 is 20.1 Å². The number of alkyl halides is 3. The zero-order chi connectivity index (χ0) is 17.2. The molecule has 1 rings (SSSR count). The van der Waals surface area contributed by atoms with E-state index < -0.39 is 38.4 Å². The summed E-state index contributed by atoms with van der Waals surface area (Å²) in [6.45, 7) is 4.47. The van der Waals surface area contributed by atoms with Gasteiger partial charge in [0, 0.05) is 8.07 Å². The lowest BCUT2D eigenvalue weighted by Crippen LogP contribution is -2.75. The van der Waals surface area contributed by atoms with Crippen LogP contribution < -0.4 is 5.32 Å². The number of amides is 1. The second kappa shape index (κ2) is 6.45. The molecule has 1 heterocycles. The highest BCUT2D eigenvalue weighted by Gasteiger charge is 2.53. The van der Waals surface area contributed by atoms with Crippen LogP contribution in [0.3, 0.4) is 0 Å². The van der Waals surface area contributed by atoms with E-state index in [-0.39, 0.29) is 19.7 Å². The van der Waals surface area contributed by atoms with Crippen LogP contribution >= 0.6 is 0 Å². The molecule has 0 spiro atoms. The molecule has 1 amide bonds. The fourth-order valence-electron chi connectivity index (χ4n) is 1.86. The smallest absolute Gasteiger partial charge is 0.409 e. The Morgan fingerprint density at radius 2 is 1.86 bits per heavy atom. The van der Waals surface area contributed by atoms with Gasteiger partial charge in [-0.15, -0.1) is 0 Å². The van der Waals surface area contributed by atoms with Crippen molar-refractivity contribution in [1.29, 1.82) is 0 Å². The van der Waals surface area contributed by atoms with Crippen LogP contribution in [-0.4, -0.2) is 68.1 Å². The third-order valence-electron chi connectivity index (χ3n) is 3.29. The van der Waals surface area contributed by atoms with Crippen LogP contribution in [0, 0.1) is 0 Å². The molecule has 0 radical (unpaired) electrons. The van der Waals surface area contributed by atoms with Crippen molar-refractivity contribution in [3.8, 4) is 0 Å². The fraction of sp³-hybridized carbons (Fsp3) is 0.833. The number of ether oxygens (including phenoxy) is 1. The second-order valence-electron chi connectivity index (χ2n) is 6.64. The number of rotatable bonds is 6. The maximum atomic E-state index is 12.2. The summed E-state index contributed by atoms with van der Waals surface area (Å²) in [5.41, 5.74) is -1.76. The molecular formula is C12H21F3N2O4Si. The van der Waals surface area contributed by atoms with Gasteiger partial charge in [-0.1, -0.05) is 19.6 Å². The number of aliphatic carboxylic acids is 1. The quantitative estimate of drug-likeness (QED) is 0.719. The van der Waals surface area contributed by atoms with E-state index in [4.69, 9.17) is 9.84 Å². The van der Waals surface area contributed by atoms with Gasteiger partial charge in [-0.05, 0) is 6.04 Å². The Morgan fingerprint density at radius 1 is 1.32 bits per heavy atom. The minimum Gasteiger partial charge on any atom is -0.480 e. The third kappa shape index (κ3) is 5.48. The number of carboxylic acids is 1. The Kier molecular flexibility index (Phi) is 5.50. The number of nitrogens with one attached hydrogen (secondary N) is 1. The summed E-state index contributed by atoms with van der Waals surface area (Å²) >= 11 is 0. The number of hydrogen-bond donors (Lipinski definition) is 2. The SMILES string of the molecule is C[Si](C)(C)CCOC(=O)N1CC(NCC(F)(F)F)(C(=O)O)C1.